The molecule has 1 atom stereocenters. The zero-order valence-corrected chi connectivity index (χ0v) is 12.7. The second-order valence-corrected chi connectivity index (χ2v) is 6.95. The van der Waals surface area contributed by atoms with Crippen molar-refractivity contribution in [3.63, 3.8) is 0 Å². The summed E-state index contributed by atoms with van der Waals surface area (Å²) in [5.41, 5.74) is 0. The molecule has 0 saturated heterocycles. The molecule has 0 spiro atoms. The number of nitrogens with one attached hydrogen (secondary N) is 2. The predicted octanol–water partition coefficient (Wildman–Crippen LogP) is 0.334. The molecule has 0 aromatic heterocycles. The fraction of sp³-hybridized carbons (Fsp3) is 0.429. The van der Waals surface area contributed by atoms with E-state index < -0.39 is 27.9 Å². The Morgan fingerprint density at radius 3 is 2.41 bits per heavy atom. The number of hydrogen-bond donors (Lipinski definition) is 3. The zero-order chi connectivity index (χ0) is 16.2. The molecular formula is C14H18N2O5S. The van der Waals surface area contributed by atoms with Gasteiger partial charge in [-0.1, -0.05) is 18.2 Å². The van der Waals surface area contributed by atoms with Crippen molar-refractivity contribution in [3.05, 3.63) is 30.3 Å². The second kappa shape index (κ2) is 6.89. The molecule has 0 heterocycles. The lowest BCUT2D eigenvalue weighted by Crippen LogP contribution is -2.43. The van der Waals surface area contributed by atoms with Crippen LogP contribution in [0.2, 0.25) is 0 Å². The van der Waals surface area contributed by atoms with Gasteiger partial charge >= 0.3 is 5.97 Å². The minimum absolute atomic E-state index is 0.0116. The van der Waals surface area contributed by atoms with E-state index in [2.05, 4.69) is 10.0 Å². The van der Waals surface area contributed by atoms with E-state index in [1.54, 1.807) is 18.2 Å². The molecule has 1 aliphatic carbocycles. The van der Waals surface area contributed by atoms with Crippen LogP contribution in [-0.2, 0) is 19.6 Å². The standard InChI is InChI=1S/C14H18N2O5S/c17-12(16-13(14(18)19)10-6-7-10)8-9-15-22(20,21)11-4-2-1-3-5-11/h1-5,10,13,15H,6-9H2,(H,16,17)(H,18,19). The number of carbonyl (C=O) groups excluding carboxylic acids is 1. The number of hydrogen-bond acceptors (Lipinski definition) is 4. The molecule has 7 nitrogen and oxygen atoms in total. The SMILES string of the molecule is O=C(CCNS(=O)(=O)c1ccccc1)NC(C(=O)O)C1CC1. The number of carbonyl (C=O) groups is 2. The van der Waals surface area contributed by atoms with Crippen LogP contribution in [0.5, 0.6) is 0 Å². The lowest BCUT2D eigenvalue weighted by Gasteiger charge is -2.13. The molecule has 1 fully saturated rings. The first-order valence-electron chi connectivity index (χ1n) is 6.97. The summed E-state index contributed by atoms with van der Waals surface area (Å²) in [7, 11) is -3.65. The van der Waals surface area contributed by atoms with Gasteiger partial charge in [0.2, 0.25) is 15.9 Å². The van der Waals surface area contributed by atoms with Crippen LogP contribution < -0.4 is 10.0 Å². The maximum absolute atomic E-state index is 11.9. The van der Waals surface area contributed by atoms with Gasteiger partial charge in [-0.3, -0.25) is 4.79 Å². The lowest BCUT2D eigenvalue weighted by molar-refractivity contribution is -0.142. The zero-order valence-electron chi connectivity index (χ0n) is 11.9. The molecule has 120 valence electrons. The number of rotatable bonds is 8. The number of sulfonamides is 1. The van der Waals surface area contributed by atoms with Crippen LogP contribution in [0.4, 0.5) is 0 Å². The van der Waals surface area contributed by atoms with E-state index in [-0.39, 0.29) is 23.8 Å². The van der Waals surface area contributed by atoms with Gasteiger partial charge in [0.15, 0.2) is 0 Å². The summed E-state index contributed by atoms with van der Waals surface area (Å²) in [6.07, 6.45) is 1.47. The van der Waals surface area contributed by atoms with Crippen molar-refractivity contribution < 1.29 is 23.1 Å². The van der Waals surface area contributed by atoms with Crippen molar-refractivity contribution in [1.29, 1.82) is 0 Å². The number of amides is 1. The largest absolute Gasteiger partial charge is 0.480 e. The average molecular weight is 326 g/mol. The molecule has 0 aliphatic heterocycles. The lowest BCUT2D eigenvalue weighted by atomic mass is 10.2. The third-order valence-corrected chi connectivity index (χ3v) is 4.85. The fourth-order valence-electron chi connectivity index (χ4n) is 2.04. The molecule has 1 saturated carbocycles. The Bertz CT molecular complexity index is 640. The van der Waals surface area contributed by atoms with Gasteiger partial charge in [-0.2, -0.15) is 0 Å². The molecule has 1 aliphatic rings. The van der Waals surface area contributed by atoms with Crippen LogP contribution in [0.15, 0.2) is 35.2 Å². The summed E-state index contributed by atoms with van der Waals surface area (Å²) in [4.78, 5) is 22.8. The van der Waals surface area contributed by atoms with Gasteiger partial charge in [0, 0.05) is 13.0 Å². The van der Waals surface area contributed by atoms with E-state index in [0.29, 0.717) is 0 Å². The smallest absolute Gasteiger partial charge is 0.326 e. The number of carboxylic acids is 1. The molecule has 1 amide bonds. The van der Waals surface area contributed by atoms with Gasteiger partial charge in [0.05, 0.1) is 4.90 Å². The Balaban J connectivity index is 1.80. The van der Waals surface area contributed by atoms with Crippen molar-refractivity contribution in [2.75, 3.05) is 6.54 Å². The van der Waals surface area contributed by atoms with Crippen LogP contribution in [-0.4, -0.2) is 38.0 Å². The predicted molar refractivity (Wildman–Crippen MR) is 78.5 cm³/mol. The van der Waals surface area contributed by atoms with Crippen LogP contribution in [0, 0.1) is 5.92 Å². The van der Waals surface area contributed by atoms with Crippen LogP contribution >= 0.6 is 0 Å². The molecule has 1 aromatic rings. The second-order valence-electron chi connectivity index (χ2n) is 5.18. The van der Waals surface area contributed by atoms with E-state index in [0.717, 1.165) is 12.8 Å². The van der Waals surface area contributed by atoms with Crippen LogP contribution in [0.3, 0.4) is 0 Å². The first-order chi connectivity index (χ1) is 10.4. The van der Waals surface area contributed by atoms with Crippen molar-refractivity contribution in [3.8, 4) is 0 Å². The Morgan fingerprint density at radius 2 is 1.86 bits per heavy atom. The number of aliphatic carboxylic acids is 1. The highest BCUT2D eigenvalue weighted by Gasteiger charge is 2.37. The van der Waals surface area contributed by atoms with Gasteiger partial charge < -0.3 is 10.4 Å². The number of benzene rings is 1. The molecule has 22 heavy (non-hydrogen) atoms. The van der Waals surface area contributed by atoms with Gasteiger partial charge in [0.25, 0.3) is 0 Å². The monoisotopic (exact) mass is 326 g/mol. The third kappa shape index (κ3) is 4.54. The molecule has 3 N–H and O–H groups in total. The van der Waals surface area contributed by atoms with E-state index in [1.807, 2.05) is 0 Å². The van der Waals surface area contributed by atoms with Crippen molar-refractivity contribution in [1.82, 2.24) is 10.0 Å². The fourth-order valence-corrected chi connectivity index (χ4v) is 3.09. The molecule has 1 unspecified atom stereocenters. The number of carboxylic acid groups (broad SMARTS) is 1. The molecule has 0 bridgehead atoms. The van der Waals surface area contributed by atoms with Crippen molar-refractivity contribution >= 4 is 21.9 Å². The summed E-state index contributed by atoms with van der Waals surface area (Å²) in [5.74, 6) is -1.54. The summed E-state index contributed by atoms with van der Waals surface area (Å²) in [6, 6.07) is 6.95. The van der Waals surface area contributed by atoms with Gasteiger partial charge in [-0.15, -0.1) is 0 Å². The van der Waals surface area contributed by atoms with Gasteiger partial charge in [-0.25, -0.2) is 17.9 Å². The minimum Gasteiger partial charge on any atom is -0.480 e. The van der Waals surface area contributed by atoms with Gasteiger partial charge in [-0.05, 0) is 30.9 Å². The molecule has 0 radical (unpaired) electrons. The van der Waals surface area contributed by atoms with E-state index >= 15 is 0 Å². The van der Waals surface area contributed by atoms with Crippen LogP contribution in [0.1, 0.15) is 19.3 Å². The van der Waals surface area contributed by atoms with E-state index in [9.17, 15) is 18.0 Å². The summed E-state index contributed by atoms with van der Waals surface area (Å²) in [5, 5.41) is 11.4. The Kier molecular flexibility index (Phi) is 5.15. The third-order valence-electron chi connectivity index (χ3n) is 3.37. The molecule has 8 heteroatoms. The van der Waals surface area contributed by atoms with Crippen molar-refractivity contribution in [2.45, 2.75) is 30.2 Å². The highest BCUT2D eigenvalue weighted by Crippen LogP contribution is 2.32. The maximum Gasteiger partial charge on any atom is 0.326 e. The molecular weight excluding hydrogens is 308 g/mol. The van der Waals surface area contributed by atoms with Crippen molar-refractivity contribution in [2.24, 2.45) is 5.92 Å². The highest BCUT2D eigenvalue weighted by atomic mass is 32.2. The molecule has 2 rings (SSSR count). The first-order valence-corrected chi connectivity index (χ1v) is 8.45. The van der Waals surface area contributed by atoms with Crippen LogP contribution in [0.25, 0.3) is 0 Å². The first kappa shape index (κ1) is 16.4. The molecule has 1 aromatic carbocycles. The normalized spacial score (nSPS) is 16.0. The average Bonchev–Trinajstić information content (AvgIpc) is 3.30. The Labute approximate surface area is 128 Å². The Morgan fingerprint density at radius 1 is 1.23 bits per heavy atom. The van der Waals surface area contributed by atoms with Gasteiger partial charge in [0.1, 0.15) is 6.04 Å². The van der Waals surface area contributed by atoms with E-state index in [1.165, 1.54) is 12.1 Å². The summed E-state index contributed by atoms with van der Waals surface area (Å²) in [6.45, 7) is -0.0833. The topological polar surface area (TPSA) is 113 Å². The van der Waals surface area contributed by atoms with E-state index in [4.69, 9.17) is 5.11 Å². The summed E-state index contributed by atoms with van der Waals surface area (Å²) < 4.78 is 26.2. The quantitative estimate of drug-likeness (QED) is 0.637. The maximum atomic E-state index is 11.9. The minimum atomic E-state index is -3.65. The Hall–Kier alpha value is -1.93. The summed E-state index contributed by atoms with van der Waals surface area (Å²) >= 11 is 0. The highest BCUT2D eigenvalue weighted by molar-refractivity contribution is 7.89.